The molecule has 96 valence electrons. The SMILES string of the molecule is CC(=O)NC(C)(C)c1noc(-c2ncoc2C)n1. The monoisotopic (exact) mass is 250 g/mol. The van der Waals surface area contributed by atoms with Gasteiger partial charge in [-0.3, -0.25) is 4.79 Å². The van der Waals surface area contributed by atoms with Crippen LogP contribution in [0.4, 0.5) is 0 Å². The minimum Gasteiger partial charge on any atom is -0.448 e. The molecule has 0 atom stereocenters. The van der Waals surface area contributed by atoms with Gasteiger partial charge in [-0.05, 0) is 20.8 Å². The van der Waals surface area contributed by atoms with E-state index in [0.29, 0.717) is 17.3 Å². The summed E-state index contributed by atoms with van der Waals surface area (Å²) < 4.78 is 10.2. The molecule has 0 radical (unpaired) electrons. The van der Waals surface area contributed by atoms with E-state index < -0.39 is 5.54 Å². The largest absolute Gasteiger partial charge is 0.448 e. The van der Waals surface area contributed by atoms with Gasteiger partial charge in [-0.25, -0.2) is 4.98 Å². The summed E-state index contributed by atoms with van der Waals surface area (Å²) in [5.74, 6) is 1.09. The Morgan fingerprint density at radius 3 is 2.72 bits per heavy atom. The number of nitrogens with zero attached hydrogens (tertiary/aromatic N) is 3. The Kier molecular flexibility index (Phi) is 2.90. The van der Waals surface area contributed by atoms with Crippen LogP contribution in [0.25, 0.3) is 11.6 Å². The van der Waals surface area contributed by atoms with Crippen LogP contribution in [-0.4, -0.2) is 21.0 Å². The Morgan fingerprint density at radius 1 is 1.44 bits per heavy atom. The number of oxazole rings is 1. The minimum absolute atomic E-state index is 0.163. The fraction of sp³-hybridized carbons (Fsp3) is 0.455. The second-order valence-electron chi connectivity index (χ2n) is 4.49. The number of aromatic nitrogens is 3. The molecule has 2 aromatic heterocycles. The maximum absolute atomic E-state index is 11.1. The molecule has 0 unspecified atom stereocenters. The topological polar surface area (TPSA) is 94.1 Å². The lowest BCUT2D eigenvalue weighted by molar-refractivity contribution is -0.120. The molecule has 2 rings (SSSR count). The number of nitrogens with one attached hydrogen (secondary N) is 1. The van der Waals surface area contributed by atoms with E-state index in [4.69, 9.17) is 8.94 Å². The number of carbonyl (C=O) groups is 1. The van der Waals surface area contributed by atoms with E-state index in [9.17, 15) is 4.79 Å². The first kappa shape index (κ1) is 12.3. The smallest absolute Gasteiger partial charge is 0.280 e. The van der Waals surface area contributed by atoms with Gasteiger partial charge in [0.2, 0.25) is 5.91 Å². The lowest BCUT2D eigenvalue weighted by Gasteiger charge is -2.20. The third-order valence-corrected chi connectivity index (χ3v) is 2.42. The first-order valence-corrected chi connectivity index (χ1v) is 5.43. The van der Waals surface area contributed by atoms with Crippen molar-refractivity contribution in [1.82, 2.24) is 20.4 Å². The molecule has 2 heterocycles. The standard InChI is InChI=1S/C11H14N4O3/c1-6-8(12-5-17-6)9-13-10(15-18-9)11(3,4)14-7(2)16/h5H,1-4H3,(H,14,16). The number of carbonyl (C=O) groups excluding carboxylic acids is 1. The van der Waals surface area contributed by atoms with E-state index >= 15 is 0 Å². The van der Waals surface area contributed by atoms with Crippen molar-refractivity contribution < 1.29 is 13.7 Å². The molecule has 0 fully saturated rings. The summed E-state index contributed by atoms with van der Waals surface area (Å²) in [5.41, 5.74) is -0.196. The minimum atomic E-state index is -0.703. The lowest BCUT2D eigenvalue weighted by Crippen LogP contribution is -2.40. The van der Waals surface area contributed by atoms with Gasteiger partial charge in [0.1, 0.15) is 5.76 Å². The molecule has 1 N–H and O–H groups in total. The van der Waals surface area contributed by atoms with Crippen molar-refractivity contribution in [2.75, 3.05) is 0 Å². The van der Waals surface area contributed by atoms with E-state index in [1.165, 1.54) is 13.3 Å². The van der Waals surface area contributed by atoms with E-state index in [1.807, 2.05) is 0 Å². The summed E-state index contributed by atoms with van der Waals surface area (Å²) in [7, 11) is 0. The second-order valence-corrected chi connectivity index (χ2v) is 4.49. The molecular formula is C11H14N4O3. The Balaban J connectivity index is 2.31. The van der Waals surface area contributed by atoms with E-state index in [0.717, 1.165) is 0 Å². The molecule has 0 aliphatic carbocycles. The molecule has 0 saturated carbocycles. The molecule has 0 aliphatic rings. The van der Waals surface area contributed by atoms with Crippen molar-refractivity contribution in [2.45, 2.75) is 33.2 Å². The maximum Gasteiger partial charge on any atom is 0.280 e. The Hall–Kier alpha value is -2.18. The fourth-order valence-corrected chi connectivity index (χ4v) is 1.58. The van der Waals surface area contributed by atoms with E-state index in [2.05, 4.69) is 20.4 Å². The molecule has 1 amide bonds. The van der Waals surface area contributed by atoms with Gasteiger partial charge < -0.3 is 14.3 Å². The highest BCUT2D eigenvalue weighted by molar-refractivity contribution is 5.73. The van der Waals surface area contributed by atoms with Gasteiger partial charge in [-0.1, -0.05) is 5.16 Å². The van der Waals surface area contributed by atoms with Gasteiger partial charge in [0.15, 0.2) is 17.9 Å². The van der Waals surface area contributed by atoms with Crippen LogP contribution in [0.15, 0.2) is 15.3 Å². The van der Waals surface area contributed by atoms with E-state index in [-0.39, 0.29) is 11.8 Å². The zero-order valence-corrected chi connectivity index (χ0v) is 10.6. The van der Waals surface area contributed by atoms with Crippen LogP contribution in [0.2, 0.25) is 0 Å². The van der Waals surface area contributed by atoms with E-state index in [1.54, 1.807) is 20.8 Å². The molecule has 0 saturated heterocycles. The predicted molar refractivity (Wildman–Crippen MR) is 61.4 cm³/mol. The first-order valence-electron chi connectivity index (χ1n) is 5.43. The molecule has 0 aromatic carbocycles. The van der Waals surface area contributed by atoms with Crippen LogP contribution in [0.3, 0.4) is 0 Å². The Labute approximate surface area is 104 Å². The number of amides is 1. The average Bonchev–Trinajstić information content (AvgIpc) is 2.83. The van der Waals surface area contributed by atoms with Crippen molar-refractivity contribution in [1.29, 1.82) is 0 Å². The number of hydrogen-bond acceptors (Lipinski definition) is 6. The first-order chi connectivity index (χ1) is 8.40. The van der Waals surface area contributed by atoms with Crippen LogP contribution >= 0.6 is 0 Å². The summed E-state index contributed by atoms with van der Waals surface area (Å²) in [6.07, 6.45) is 1.31. The van der Waals surface area contributed by atoms with Crippen molar-refractivity contribution in [2.24, 2.45) is 0 Å². The van der Waals surface area contributed by atoms with Gasteiger partial charge >= 0.3 is 0 Å². The van der Waals surface area contributed by atoms with Gasteiger partial charge in [0.25, 0.3) is 5.89 Å². The lowest BCUT2D eigenvalue weighted by atomic mass is 10.1. The Morgan fingerprint density at radius 2 is 2.17 bits per heavy atom. The van der Waals surface area contributed by atoms with Crippen molar-refractivity contribution >= 4 is 5.91 Å². The van der Waals surface area contributed by atoms with Crippen molar-refractivity contribution in [3.05, 3.63) is 18.0 Å². The molecule has 18 heavy (non-hydrogen) atoms. The number of aryl methyl sites for hydroxylation is 1. The zero-order chi connectivity index (χ0) is 13.3. The number of hydrogen-bond donors (Lipinski definition) is 1. The van der Waals surface area contributed by atoms with Crippen LogP contribution in [0.5, 0.6) is 0 Å². The van der Waals surface area contributed by atoms with Crippen LogP contribution in [0.1, 0.15) is 32.4 Å². The highest BCUT2D eigenvalue weighted by atomic mass is 16.5. The quantitative estimate of drug-likeness (QED) is 0.884. The molecule has 0 bridgehead atoms. The van der Waals surface area contributed by atoms with Crippen molar-refractivity contribution in [3.8, 4) is 11.6 Å². The van der Waals surface area contributed by atoms with Crippen molar-refractivity contribution in [3.63, 3.8) is 0 Å². The summed E-state index contributed by atoms with van der Waals surface area (Å²) >= 11 is 0. The highest BCUT2D eigenvalue weighted by Gasteiger charge is 2.28. The normalized spacial score (nSPS) is 11.6. The summed E-state index contributed by atoms with van der Waals surface area (Å²) in [5, 5.41) is 6.60. The molecular weight excluding hydrogens is 236 g/mol. The second kappa shape index (κ2) is 4.25. The van der Waals surface area contributed by atoms with Gasteiger partial charge in [0, 0.05) is 6.92 Å². The van der Waals surface area contributed by atoms with Gasteiger partial charge in [-0.15, -0.1) is 0 Å². The third-order valence-electron chi connectivity index (χ3n) is 2.42. The number of rotatable bonds is 3. The van der Waals surface area contributed by atoms with Crippen LogP contribution in [0, 0.1) is 6.92 Å². The van der Waals surface area contributed by atoms with Gasteiger partial charge in [0.05, 0.1) is 5.54 Å². The summed E-state index contributed by atoms with van der Waals surface area (Å²) in [6.45, 7) is 6.77. The van der Waals surface area contributed by atoms with Gasteiger partial charge in [-0.2, -0.15) is 4.98 Å². The maximum atomic E-state index is 11.1. The summed E-state index contributed by atoms with van der Waals surface area (Å²) in [4.78, 5) is 19.3. The average molecular weight is 250 g/mol. The van der Waals surface area contributed by atoms with Crippen LogP contribution in [-0.2, 0) is 10.3 Å². The van der Waals surface area contributed by atoms with Crippen LogP contribution < -0.4 is 5.32 Å². The molecule has 7 heteroatoms. The molecule has 2 aromatic rings. The molecule has 7 nitrogen and oxygen atoms in total. The fourth-order valence-electron chi connectivity index (χ4n) is 1.58. The highest BCUT2D eigenvalue weighted by Crippen LogP contribution is 2.23. The molecule has 0 spiro atoms. The molecule has 0 aliphatic heterocycles. The Bertz CT molecular complexity index is 570. The zero-order valence-electron chi connectivity index (χ0n) is 10.6. The third kappa shape index (κ3) is 2.24. The predicted octanol–water partition coefficient (Wildman–Crippen LogP) is 1.40. The summed E-state index contributed by atoms with van der Waals surface area (Å²) in [6, 6.07) is 0.